The van der Waals surface area contributed by atoms with Crippen molar-refractivity contribution < 1.29 is 9.53 Å². The van der Waals surface area contributed by atoms with Gasteiger partial charge in [-0.25, -0.2) is 0 Å². The van der Waals surface area contributed by atoms with E-state index in [1.165, 1.54) is 5.56 Å². The quantitative estimate of drug-likeness (QED) is 0.910. The summed E-state index contributed by atoms with van der Waals surface area (Å²) in [6.07, 6.45) is 1.77. The average Bonchev–Trinajstić information content (AvgIpc) is 2.93. The van der Waals surface area contributed by atoms with Crippen LogP contribution in [0, 0.1) is 12.8 Å². The van der Waals surface area contributed by atoms with Gasteiger partial charge in [0, 0.05) is 23.7 Å². The number of benzene rings is 1. The Morgan fingerprint density at radius 1 is 1.45 bits per heavy atom. The lowest BCUT2D eigenvalue weighted by Crippen LogP contribution is -2.35. The minimum absolute atomic E-state index is 0.118. The maximum atomic E-state index is 12.2. The van der Waals surface area contributed by atoms with E-state index in [0.29, 0.717) is 24.8 Å². The van der Waals surface area contributed by atoms with Crippen LogP contribution in [0.3, 0.4) is 0 Å². The van der Waals surface area contributed by atoms with E-state index in [0.717, 1.165) is 29.8 Å². The lowest BCUT2D eigenvalue weighted by atomic mass is 9.96. The molecule has 0 aliphatic carbocycles. The van der Waals surface area contributed by atoms with E-state index < -0.39 is 0 Å². The molecule has 1 aliphatic heterocycles. The zero-order valence-electron chi connectivity index (χ0n) is 13.0. The number of nitrogens with zero attached hydrogens (tertiary/aromatic N) is 1. The molecule has 0 saturated heterocycles. The van der Waals surface area contributed by atoms with Crippen LogP contribution in [-0.4, -0.2) is 29.3 Å². The predicted octanol–water partition coefficient (Wildman–Crippen LogP) is 2.26. The van der Waals surface area contributed by atoms with Gasteiger partial charge in [0.1, 0.15) is 5.75 Å². The molecule has 0 fully saturated rings. The fourth-order valence-electron chi connectivity index (χ4n) is 2.84. The first-order chi connectivity index (χ1) is 10.7. The second-order valence-electron chi connectivity index (χ2n) is 5.73. The minimum atomic E-state index is -0.118. The molecule has 1 aromatic carbocycles. The summed E-state index contributed by atoms with van der Waals surface area (Å²) in [6.45, 7) is 5.20. The van der Waals surface area contributed by atoms with E-state index in [1.54, 1.807) is 0 Å². The van der Waals surface area contributed by atoms with E-state index in [2.05, 4.69) is 21.6 Å². The van der Waals surface area contributed by atoms with Crippen molar-refractivity contribution in [3.63, 3.8) is 0 Å². The van der Waals surface area contributed by atoms with Crippen LogP contribution in [-0.2, 0) is 12.8 Å². The van der Waals surface area contributed by atoms with Crippen LogP contribution in [0.15, 0.2) is 24.3 Å². The summed E-state index contributed by atoms with van der Waals surface area (Å²) in [5.74, 6) is 1.14. The minimum Gasteiger partial charge on any atom is -0.493 e. The summed E-state index contributed by atoms with van der Waals surface area (Å²) >= 11 is 0. The number of carbonyl (C=O) groups is 1. The monoisotopic (exact) mass is 299 g/mol. The zero-order chi connectivity index (χ0) is 15.5. The molecule has 22 heavy (non-hydrogen) atoms. The van der Waals surface area contributed by atoms with Crippen LogP contribution in [0.5, 0.6) is 5.75 Å². The molecule has 0 unspecified atom stereocenters. The molecule has 2 heterocycles. The van der Waals surface area contributed by atoms with Gasteiger partial charge in [0.15, 0.2) is 5.69 Å². The molecule has 2 aromatic rings. The Kier molecular flexibility index (Phi) is 4.13. The van der Waals surface area contributed by atoms with Crippen molar-refractivity contribution in [3.8, 4) is 5.75 Å². The molecule has 0 bridgehead atoms. The van der Waals surface area contributed by atoms with Crippen molar-refractivity contribution in [2.45, 2.75) is 26.7 Å². The number of H-pyrrole nitrogens is 1. The molecule has 116 valence electrons. The summed E-state index contributed by atoms with van der Waals surface area (Å²) in [5.41, 5.74) is 3.65. The molecular formula is C17H21N3O2. The standard InChI is InChI=1S/C17H21N3O2/c1-3-14-11(2)16(20-19-14)17(21)18-9-12-8-13-6-4-5-7-15(13)22-10-12/h4-7,12H,3,8-10H2,1-2H3,(H,18,21)(H,19,20)/t12-/m0/s1. The zero-order valence-corrected chi connectivity index (χ0v) is 13.0. The molecule has 0 radical (unpaired) electrons. The predicted molar refractivity (Wildman–Crippen MR) is 84.2 cm³/mol. The number of aromatic amines is 1. The van der Waals surface area contributed by atoms with E-state index in [1.807, 2.05) is 32.0 Å². The highest BCUT2D eigenvalue weighted by Crippen LogP contribution is 2.26. The Labute approximate surface area is 130 Å². The van der Waals surface area contributed by atoms with Gasteiger partial charge in [0.2, 0.25) is 0 Å². The third-order valence-corrected chi connectivity index (χ3v) is 4.19. The van der Waals surface area contributed by atoms with Crippen LogP contribution in [0.4, 0.5) is 0 Å². The van der Waals surface area contributed by atoms with E-state index in [4.69, 9.17) is 4.74 Å². The largest absolute Gasteiger partial charge is 0.493 e. The average molecular weight is 299 g/mol. The molecule has 5 heteroatoms. The van der Waals surface area contributed by atoms with Gasteiger partial charge < -0.3 is 10.1 Å². The highest BCUT2D eigenvalue weighted by Gasteiger charge is 2.21. The second-order valence-corrected chi connectivity index (χ2v) is 5.73. The molecule has 1 aliphatic rings. The van der Waals surface area contributed by atoms with Gasteiger partial charge in [-0.3, -0.25) is 9.89 Å². The van der Waals surface area contributed by atoms with Crippen LogP contribution in [0.25, 0.3) is 0 Å². The number of hydrogen-bond donors (Lipinski definition) is 2. The lowest BCUT2D eigenvalue weighted by Gasteiger charge is -2.25. The van der Waals surface area contributed by atoms with Crippen LogP contribution < -0.4 is 10.1 Å². The van der Waals surface area contributed by atoms with Crippen LogP contribution >= 0.6 is 0 Å². The van der Waals surface area contributed by atoms with E-state index >= 15 is 0 Å². The Balaban J connectivity index is 1.59. The van der Waals surface area contributed by atoms with Crippen LogP contribution in [0.1, 0.15) is 34.2 Å². The second kappa shape index (κ2) is 6.22. The molecule has 3 rings (SSSR count). The summed E-state index contributed by atoms with van der Waals surface area (Å²) in [6, 6.07) is 8.06. The number of para-hydroxylation sites is 1. The smallest absolute Gasteiger partial charge is 0.272 e. The topological polar surface area (TPSA) is 67.0 Å². The molecule has 2 N–H and O–H groups in total. The van der Waals surface area contributed by atoms with Crippen molar-refractivity contribution in [1.82, 2.24) is 15.5 Å². The van der Waals surface area contributed by atoms with Gasteiger partial charge in [-0.2, -0.15) is 5.10 Å². The first-order valence-corrected chi connectivity index (χ1v) is 7.71. The number of nitrogens with one attached hydrogen (secondary N) is 2. The third-order valence-electron chi connectivity index (χ3n) is 4.19. The van der Waals surface area contributed by atoms with Gasteiger partial charge in [0.05, 0.1) is 6.61 Å². The first kappa shape index (κ1) is 14.6. The van der Waals surface area contributed by atoms with Crippen molar-refractivity contribution >= 4 is 5.91 Å². The Hall–Kier alpha value is -2.30. The number of ether oxygens (including phenoxy) is 1. The first-order valence-electron chi connectivity index (χ1n) is 7.71. The molecule has 5 nitrogen and oxygen atoms in total. The van der Waals surface area contributed by atoms with Gasteiger partial charge in [-0.1, -0.05) is 25.1 Å². The van der Waals surface area contributed by atoms with E-state index in [-0.39, 0.29) is 5.91 Å². The SMILES string of the molecule is CCc1[nH]nc(C(=O)NC[C@H]2COc3ccccc3C2)c1C. The molecule has 1 atom stereocenters. The number of aryl methyl sites for hydroxylation is 1. The fourth-order valence-corrected chi connectivity index (χ4v) is 2.84. The highest BCUT2D eigenvalue weighted by molar-refractivity contribution is 5.93. The Morgan fingerprint density at radius 3 is 3.05 bits per heavy atom. The van der Waals surface area contributed by atoms with Crippen LogP contribution in [0.2, 0.25) is 0 Å². The Morgan fingerprint density at radius 2 is 2.27 bits per heavy atom. The maximum absolute atomic E-state index is 12.2. The van der Waals surface area contributed by atoms with Crippen molar-refractivity contribution in [1.29, 1.82) is 0 Å². The third kappa shape index (κ3) is 2.84. The van der Waals surface area contributed by atoms with Gasteiger partial charge in [-0.15, -0.1) is 0 Å². The highest BCUT2D eigenvalue weighted by atomic mass is 16.5. The Bertz CT molecular complexity index is 678. The van der Waals surface area contributed by atoms with Crippen molar-refractivity contribution in [2.24, 2.45) is 5.92 Å². The molecule has 0 spiro atoms. The molecule has 0 saturated carbocycles. The van der Waals surface area contributed by atoms with Gasteiger partial charge >= 0.3 is 0 Å². The summed E-state index contributed by atoms with van der Waals surface area (Å²) in [7, 11) is 0. The molecular weight excluding hydrogens is 278 g/mol. The summed E-state index contributed by atoms with van der Waals surface area (Å²) in [5, 5.41) is 10.0. The number of hydrogen-bond acceptors (Lipinski definition) is 3. The number of amides is 1. The normalized spacial score (nSPS) is 16.7. The van der Waals surface area contributed by atoms with Gasteiger partial charge in [0.25, 0.3) is 5.91 Å². The maximum Gasteiger partial charge on any atom is 0.272 e. The van der Waals surface area contributed by atoms with Crippen molar-refractivity contribution in [3.05, 3.63) is 46.8 Å². The molecule has 1 amide bonds. The summed E-state index contributed by atoms with van der Waals surface area (Å²) in [4.78, 5) is 12.2. The number of fused-ring (bicyclic) bond motifs is 1. The summed E-state index contributed by atoms with van der Waals surface area (Å²) < 4.78 is 5.75. The number of aromatic nitrogens is 2. The van der Waals surface area contributed by atoms with Gasteiger partial charge in [-0.05, 0) is 31.4 Å². The fraction of sp³-hybridized carbons (Fsp3) is 0.412. The number of carbonyl (C=O) groups excluding carboxylic acids is 1. The van der Waals surface area contributed by atoms with E-state index in [9.17, 15) is 4.79 Å². The lowest BCUT2D eigenvalue weighted by molar-refractivity contribution is 0.0933. The number of rotatable bonds is 4. The van der Waals surface area contributed by atoms with Crippen molar-refractivity contribution in [2.75, 3.05) is 13.2 Å². The molecule has 1 aromatic heterocycles.